The van der Waals surface area contributed by atoms with Crippen molar-refractivity contribution in [3.05, 3.63) is 24.0 Å². The summed E-state index contributed by atoms with van der Waals surface area (Å²) in [5.74, 6) is -1.98. The van der Waals surface area contributed by atoms with E-state index in [0.29, 0.717) is 18.7 Å². The standard InChI is InChI=1S/C15H15F5N2O3/c16-14(17,18)15(19,20)25-10-3-1-8(21-6-10)7-22-9-2-4-12(22)11(5-9)13(23)24/h1,3,6,9,11-12H,2,4-5,7H2,(H,23,24). The summed E-state index contributed by atoms with van der Waals surface area (Å²) in [5.41, 5.74) is 0.450. The van der Waals surface area contributed by atoms with Crippen LogP contribution in [0.3, 0.4) is 0 Å². The van der Waals surface area contributed by atoms with E-state index in [-0.39, 0.29) is 12.1 Å². The van der Waals surface area contributed by atoms with Gasteiger partial charge in [-0.05, 0) is 31.4 Å². The summed E-state index contributed by atoms with van der Waals surface area (Å²) in [6.07, 6.45) is -8.10. The highest BCUT2D eigenvalue weighted by atomic mass is 19.4. The van der Waals surface area contributed by atoms with Crippen molar-refractivity contribution in [3.8, 4) is 5.75 Å². The monoisotopic (exact) mass is 366 g/mol. The molecule has 10 heteroatoms. The average molecular weight is 366 g/mol. The molecular formula is C15H15F5N2O3. The van der Waals surface area contributed by atoms with Crippen molar-refractivity contribution in [1.29, 1.82) is 0 Å². The first-order chi connectivity index (χ1) is 11.6. The molecule has 138 valence electrons. The van der Waals surface area contributed by atoms with Crippen LogP contribution in [0.4, 0.5) is 22.0 Å². The SMILES string of the molecule is O=C(O)C1CC2CCC1N2Cc1ccc(OC(F)(F)C(F)(F)F)cn1. The van der Waals surface area contributed by atoms with Gasteiger partial charge in [-0.3, -0.25) is 14.7 Å². The number of aliphatic carboxylic acids is 1. The lowest BCUT2D eigenvalue weighted by Gasteiger charge is -2.22. The van der Waals surface area contributed by atoms with Crippen molar-refractivity contribution in [2.45, 2.75) is 50.2 Å². The van der Waals surface area contributed by atoms with Gasteiger partial charge in [0.2, 0.25) is 0 Å². The second-order valence-corrected chi connectivity index (χ2v) is 6.25. The zero-order chi connectivity index (χ0) is 18.4. The largest absolute Gasteiger partial charge is 0.499 e. The van der Waals surface area contributed by atoms with Crippen LogP contribution in [-0.4, -0.2) is 45.3 Å². The number of rotatable bonds is 5. The number of alkyl halides is 5. The summed E-state index contributed by atoms with van der Waals surface area (Å²) >= 11 is 0. The second-order valence-electron chi connectivity index (χ2n) is 6.25. The minimum Gasteiger partial charge on any atom is -0.481 e. The first-order valence-electron chi connectivity index (χ1n) is 7.65. The molecular weight excluding hydrogens is 351 g/mol. The molecule has 3 atom stereocenters. The Morgan fingerprint density at radius 3 is 2.52 bits per heavy atom. The number of hydrogen-bond donors (Lipinski definition) is 1. The van der Waals surface area contributed by atoms with Crippen LogP contribution in [0, 0.1) is 5.92 Å². The molecule has 0 saturated carbocycles. The maximum atomic E-state index is 12.8. The summed E-state index contributed by atoms with van der Waals surface area (Å²) in [7, 11) is 0. The number of ether oxygens (including phenoxy) is 1. The summed E-state index contributed by atoms with van der Waals surface area (Å²) in [5, 5.41) is 9.21. The van der Waals surface area contributed by atoms with E-state index in [2.05, 4.69) is 9.72 Å². The van der Waals surface area contributed by atoms with Gasteiger partial charge in [-0.25, -0.2) is 0 Å². The fourth-order valence-electron chi connectivity index (χ4n) is 3.57. The lowest BCUT2D eigenvalue weighted by Crippen LogP contribution is -2.41. The van der Waals surface area contributed by atoms with Crippen molar-refractivity contribution < 1.29 is 36.6 Å². The van der Waals surface area contributed by atoms with Gasteiger partial charge in [0.15, 0.2) is 0 Å². The van der Waals surface area contributed by atoms with E-state index >= 15 is 0 Å². The van der Waals surface area contributed by atoms with E-state index in [1.165, 1.54) is 6.07 Å². The van der Waals surface area contributed by atoms with Crippen LogP contribution in [0.2, 0.25) is 0 Å². The lowest BCUT2D eigenvalue weighted by atomic mass is 9.89. The second kappa shape index (κ2) is 6.08. The van der Waals surface area contributed by atoms with E-state index < -0.39 is 29.9 Å². The molecule has 2 bridgehead atoms. The van der Waals surface area contributed by atoms with Crippen LogP contribution in [0.25, 0.3) is 0 Å². The number of nitrogens with zero attached hydrogens (tertiary/aromatic N) is 2. The third kappa shape index (κ3) is 3.39. The molecule has 5 nitrogen and oxygen atoms in total. The van der Waals surface area contributed by atoms with Crippen molar-refractivity contribution in [1.82, 2.24) is 9.88 Å². The Labute approximate surface area is 139 Å². The third-order valence-electron chi connectivity index (χ3n) is 4.72. The predicted molar refractivity (Wildman–Crippen MR) is 74.0 cm³/mol. The molecule has 3 unspecified atom stereocenters. The molecule has 1 aromatic heterocycles. The van der Waals surface area contributed by atoms with Gasteiger partial charge < -0.3 is 9.84 Å². The van der Waals surface area contributed by atoms with Crippen LogP contribution in [-0.2, 0) is 11.3 Å². The quantitative estimate of drug-likeness (QED) is 0.812. The van der Waals surface area contributed by atoms with Crippen LogP contribution < -0.4 is 4.74 Å². The molecule has 2 aliphatic heterocycles. The number of halogens is 5. The topological polar surface area (TPSA) is 62.7 Å². The number of hydrogen-bond acceptors (Lipinski definition) is 4. The summed E-state index contributed by atoms with van der Waals surface area (Å²) < 4.78 is 65.7. The zero-order valence-corrected chi connectivity index (χ0v) is 12.8. The Morgan fingerprint density at radius 2 is 2.00 bits per heavy atom. The Morgan fingerprint density at radius 1 is 1.28 bits per heavy atom. The van der Waals surface area contributed by atoms with Crippen molar-refractivity contribution in [2.75, 3.05) is 0 Å². The Kier molecular flexibility index (Phi) is 4.34. The molecule has 2 aliphatic rings. The van der Waals surface area contributed by atoms with Crippen LogP contribution in [0.1, 0.15) is 25.0 Å². The van der Waals surface area contributed by atoms with Crippen LogP contribution in [0.5, 0.6) is 5.75 Å². The van der Waals surface area contributed by atoms with Gasteiger partial charge in [0.1, 0.15) is 5.75 Å². The molecule has 25 heavy (non-hydrogen) atoms. The van der Waals surface area contributed by atoms with Gasteiger partial charge in [0, 0.05) is 18.6 Å². The first kappa shape index (κ1) is 17.8. The molecule has 0 amide bonds. The average Bonchev–Trinajstić information content (AvgIpc) is 3.05. The Bertz CT molecular complexity index is 650. The van der Waals surface area contributed by atoms with Crippen molar-refractivity contribution >= 4 is 5.97 Å². The molecule has 2 saturated heterocycles. The van der Waals surface area contributed by atoms with E-state index in [9.17, 15) is 31.9 Å². The van der Waals surface area contributed by atoms with E-state index in [1.807, 2.05) is 4.90 Å². The molecule has 0 aliphatic carbocycles. The minimum atomic E-state index is -5.81. The number of carboxylic acid groups (broad SMARTS) is 1. The van der Waals surface area contributed by atoms with Gasteiger partial charge >= 0.3 is 18.3 Å². The number of fused-ring (bicyclic) bond motifs is 2. The summed E-state index contributed by atoms with van der Waals surface area (Å²) in [6.45, 7) is 0.315. The molecule has 3 rings (SSSR count). The highest BCUT2D eigenvalue weighted by molar-refractivity contribution is 5.71. The minimum absolute atomic E-state index is 0.102. The molecule has 1 N–H and O–H groups in total. The van der Waals surface area contributed by atoms with E-state index in [0.717, 1.165) is 25.1 Å². The van der Waals surface area contributed by atoms with Gasteiger partial charge in [-0.2, -0.15) is 22.0 Å². The molecule has 2 fully saturated rings. The van der Waals surface area contributed by atoms with Gasteiger partial charge in [0.05, 0.1) is 17.8 Å². The number of pyridine rings is 1. The number of carbonyl (C=O) groups is 1. The lowest BCUT2D eigenvalue weighted by molar-refractivity contribution is -0.360. The molecule has 3 heterocycles. The maximum absolute atomic E-state index is 12.8. The maximum Gasteiger partial charge on any atom is 0.499 e. The number of aromatic nitrogens is 1. The zero-order valence-electron chi connectivity index (χ0n) is 12.8. The Balaban J connectivity index is 1.65. The molecule has 1 aromatic rings. The van der Waals surface area contributed by atoms with E-state index in [4.69, 9.17) is 0 Å². The van der Waals surface area contributed by atoms with Gasteiger partial charge in [-0.1, -0.05) is 0 Å². The number of carboxylic acids is 1. The highest BCUT2D eigenvalue weighted by Gasteiger charge is 2.61. The predicted octanol–water partition coefficient (Wildman–Crippen LogP) is 3.05. The van der Waals surface area contributed by atoms with Crippen LogP contribution in [0.15, 0.2) is 18.3 Å². The van der Waals surface area contributed by atoms with Crippen LogP contribution >= 0.6 is 0 Å². The summed E-state index contributed by atoms with van der Waals surface area (Å²) in [4.78, 5) is 17.1. The first-order valence-corrected chi connectivity index (χ1v) is 7.65. The van der Waals surface area contributed by atoms with Gasteiger partial charge in [0.25, 0.3) is 0 Å². The summed E-state index contributed by atoms with van der Waals surface area (Å²) in [6, 6.07) is 2.32. The van der Waals surface area contributed by atoms with E-state index in [1.54, 1.807) is 0 Å². The molecule has 0 aromatic carbocycles. The van der Waals surface area contributed by atoms with Crippen molar-refractivity contribution in [3.63, 3.8) is 0 Å². The highest BCUT2D eigenvalue weighted by Crippen LogP contribution is 2.42. The normalized spacial score (nSPS) is 26.8. The molecule has 0 radical (unpaired) electrons. The fourth-order valence-corrected chi connectivity index (χ4v) is 3.57. The Hall–Kier alpha value is -1.97. The smallest absolute Gasteiger partial charge is 0.481 e. The molecule has 0 spiro atoms. The third-order valence-corrected chi connectivity index (χ3v) is 4.72. The van der Waals surface area contributed by atoms with Crippen molar-refractivity contribution in [2.24, 2.45) is 5.92 Å². The van der Waals surface area contributed by atoms with Gasteiger partial charge in [-0.15, -0.1) is 0 Å². The fraction of sp³-hybridized carbons (Fsp3) is 0.600.